The average Bonchev–Trinajstić information content (AvgIpc) is 2.87. The minimum absolute atomic E-state index is 0.0701. The molecule has 0 radical (unpaired) electrons. The molecule has 1 aromatic carbocycles. The van der Waals surface area contributed by atoms with Crippen molar-refractivity contribution in [1.29, 1.82) is 0 Å². The van der Waals surface area contributed by atoms with Crippen molar-refractivity contribution < 1.29 is 18.9 Å². The number of furan rings is 1. The number of carbonyl (C=O) groups excluding carboxylic acids is 1. The van der Waals surface area contributed by atoms with E-state index in [1.807, 2.05) is 12.1 Å². The van der Waals surface area contributed by atoms with E-state index >= 15 is 0 Å². The molecule has 0 saturated heterocycles. The van der Waals surface area contributed by atoms with Crippen LogP contribution in [-0.2, 0) is 11.3 Å². The monoisotopic (exact) mass is 325 g/mol. The molecule has 0 aliphatic heterocycles. The van der Waals surface area contributed by atoms with E-state index in [4.69, 9.17) is 9.15 Å². The molecule has 0 unspecified atom stereocenters. The molecule has 0 aliphatic rings. The molecule has 1 aromatic heterocycles. The summed E-state index contributed by atoms with van der Waals surface area (Å²) in [6.45, 7) is 0.0701. The van der Waals surface area contributed by atoms with Gasteiger partial charge in [-0.3, -0.25) is 10.1 Å². The van der Waals surface area contributed by atoms with Crippen LogP contribution in [0.2, 0.25) is 0 Å². The van der Waals surface area contributed by atoms with E-state index in [2.05, 4.69) is 15.9 Å². The van der Waals surface area contributed by atoms with Gasteiger partial charge in [0, 0.05) is 4.47 Å². The quantitative estimate of drug-likeness (QED) is 0.489. The number of nitrogens with zero attached hydrogens (tertiary/aromatic N) is 1. The fourth-order valence-corrected chi connectivity index (χ4v) is 1.60. The van der Waals surface area contributed by atoms with Gasteiger partial charge >= 0.3 is 11.9 Å². The summed E-state index contributed by atoms with van der Waals surface area (Å²) < 4.78 is 10.6. The van der Waals surface area contributed by atoms with Gasteiger partial charge in [0.2, 0.25) is 5.76 Å². The highest BCUT2D eigenvalue weighted by molar-refractivity contribution is 9.10. The summed E-state index contributed by atoms with van der Waals surface area (Å²) in [5, 5.41) is 10.4. The minimum Gasteiger partial charge on any atom is -0.455 e. The van der Waals surface area contributed by atoms with E-state index in [-0.39, 0.29) is 12.4 Å². The summed E-state index contributed by atoms with van der Waals surface area (Å²) in [6.07, 6.45) is 0. The molecular formula is C12H8BrNO5. The van der Waals surface area contributed by atoms with Crippen LogP contribution in [0.5, 0.6) is 0 Å². The van der Waals surface area contributed by atoms with Crippen LogP contribution in [-0.4, -0.2) is 10.9 Å². The highest BCUT2D eigenvalue weighted by Crippen LogP contribution is 2.17. The summed E-state index contributed by atoms with van der Waals surface area (Å²) in [7, 11) is 0. The predicted molar refractivity (Wildman–Crippen MR) is 68.6 cm³/mol. The van der Waals surface area contributed by atoms with Gasteiger partial charge in [0.15, 0.2) is 0 Å². The molecule has 98 valence electrons. The van der Waals surface area contributed by atoms with Gasteiger partial charge < -0.3 is 9.15 Å². The number of benzene rings is 1. The Bertz CT molecular complexity index is 605. The van der Waals surface area contributed by atoms with Gasteiger partial charge in [0.25, 0.3) is 0 Å². The van der Waals surface area contributed by atoms with Gasteiger partial charge in [-0.1, -0.05) is 28.1 Å². The Morgan fingerprint density at radius 3 is 2.53 bits per heavy atom. The fraction of sp³-hybridized carbons (Fsp3) is 0.0833. The van der Waals surface area contributed by atoms with E-state index in [0.29, 0.717) is 0 Å². The van der Waals surface area contributed by atoms with Crippen molar-refractivity contribution in [1.82, 2.24) is 0 Å². The zero-order valence-electron chi connectivity index (χ0n) is 9.54. The first-order chi connectivity index (χ1) is 9.06. The number of nitro groups is 1. The third-order valence-corrected chi connectivity index (χ3v) is 2.78. The maximum absolute atomic E-state index is 11.6. The maximum atomic E-state index is 11.6. The van der Waals surface area contributed by atoms with Crippen LogP contribution in [0, 0.1) is 10.1 Å². The van der Waals surface area contributed by atoms with Crippen molar-refractivity contribution in [2.45, 2.75) is 6.61 Å². The molecule has 2 aromatic rings. The van der Waals surface area contributed by atoms with Crippen molar-refractivity contribution in [3.63, 3.8) is 0 Å². The molecule has 1 heterocycles. The molecular weight excluding hydrogens is 318 g/mol. The van der Waals surface area contributed by atoms with Crippen LogP contribution in [0.1, 0.15) is 16.1 Å². The Balaban J connectivity index is 1.97. The molecule has 0 saturated carbocycles. The maximum Gasteiger partial charge on any atom is 0.433 e. The number of carbonyl (C=O) groups is 1. The molecule has 0 fully saturated rings. The van der Waals surface area contributed by atoms with Gasteiger partial charge in [0.05, 0.1) is 6.07 Å². The predicted octanol–water partition coefficient (Wildman–Crippen LogP) is 3.31. The second-order valence-corrected chi connectivity index (χ2v) is 4.51. The lowest BCUT2D eigenvalue weighted by atomic mass is 10.2. The molecule has 0 aliphatic carbocycles. The molecule has 19 heavy (non-hydrogen) atoms. The Morgan fingerprint density at radius 1 is 1.26 bits per heavy atom. The topological polar surface area (TPSA) is 82.6 Å². The van der Waals surface area contributed by atoms with E-state index in [1.165, 1.54) is 6.07 Å². The van der Waals surface area contributed by atoms with Gasteiger partial charge in [-0.2, -0.15) is 0 Å². The molecule has 0 spiro atoms. The zero-order valence-corrected chi connectivity index (χ0v) is 11.1. The Kier molecular flexibility index (Phi) is 3.96. The van der Waals surface area contributed by atoms with Gasteiger partial charge in [-0.05, 0) is 23.8 Å². The van der Waals surface area contributed by atoms with Crippen LogP contribution in [0.4, 0.5) is 5.88 Å². The molecule has 0 N–H and O–H groups in total. The van der Waals surface area contributed by atoms with E-state index in [0.717, 1.165) is 16.1 Å². The summed E-state index contributed by atoms with van der Waals surface area (Å²) in [5.41, 5.74) is 0.803. The first-order valence-corrected chi connectivity index (χ1v) is 6.01. The number of halogens is 1. The lowest BCUT2D eigenvalue weighted by molar-refractivity contribution is -0.402. The minimum atomic E-state index is -0.740. The van der Waals surface area contributed by atoms with Crippen LogP contribution in [0.25, 0.3) is 0 Å². The van der Waals surface area contributed by atoms with E-state index < -0.39 is 16.8 Å². The lowest BCUT2D eigenvalue weighted by Crippen LogP contribution is -2.03. The number of hydrogen-bond acceptors (Lipinski definition) is 5. The first-order valence-electron chi connectivity index (χ1n) is 5.22. The van der Waals surface area contributed by atoms with Crippen molar-refractivity contribution in [3.8, 4) is 0 Å². The molecule has 6 nitrogen and oxygen atoms in total. The first kappa shape index (κ1) is 13.3. The van der Waals surface area contributed by atoms with Crippen molar-refractivity contribution >= 4 is 27.8 Å². The van der Waals surface area contributed by atoms with Crippen LogP contribution >= 0.6 is 15.9 Å². The second-order valence-electron chi connectivity index (χ2n) is 3.60. The van der Waals surface area contributed by atoms with Gasteiger partial charge in [0.1, 0.15) is 11.5 Å². The van der Waals surface area contributed by atoms with Crippen LogP contribution in [0.3, 0.4) is 0 Å². The Hall–Kier alpha value is -2.15. The highest BCUT2D eigenvalue weighted by atomic mass is 79.9. The second kappa shape index (κ2) is 5.66. The smallest absolute Gasteiger partial charge is 0.433 e. The third-order valence-electron chi connectivity index (χ3n) is 2.26. The average molecular weight is 326 g/mol. The third kappa shape index (κ3) is 3.41. The van der Waals surface area contributed by atoms with Crippen molar-refractivity contribution in [3.05, 3.63) is 62.3 Å². The standard InChI is InChI=1S/C12H8BrNO5/c13-9-3-1-8(2-4-9)7-18-12(15)10-5-6-11(19-10)14(16)17/h1-6H,7H2. The van der Waals surface area contributed by atoms with E-state index in [1.54, 1.807) is 12.1 Å². The summed E-state index contributed by atoms with van der Waals surface area (Å²) >= 11 is 3.29. The summed E-state index contributed by atoms with van der Waals surface area (Å²) in [4.78, 5) is 21.3. The van der Waals surface area contributed by atoms with E-state index in [9.17, 15) is 14.9 Å². The molecule has 0 amide bonds. The molecule has 0 bridgehead atoms. The Labute approximate surface area is 116 Å². The van der Waals surface area contributed by atoms with Crippen LogP contribution < -0.4 is 0 Å². The largest absolute Gasteiger partial charge is 0.455 e. The highest BCUT2D eigenvalue weighted by Gasteiger charge is 2.18. The number of esters is 1. The molecule has 7 heteroatoms. The molecule has 0 atom stereocenters. The SMILES string of the molecule is O=C(OCc1ccc(Br)cc1)c1ccc([N+](=O)[O-])o1. The lowest BCUT2D eigenvalue weighted by Gasteiger charge is -2.02. The fourth-order valence-electron chi connectivity index (χ4n) is 1.34. The Morgan fingerprint density at radius 2 is 1.95 bits per heavy atom. The zero-order chi connectivity index (χ0) is 13.8. The number of rotatable bonds is 4. The molecule has 2 rings (SSSR count). The summed E-state index contributed by atoms with van der Waals surface area (Å²) in [6, 6.07) is 9.55. The number of hydrogen-bond donors (Lipinski definition) is 0. The normalized spacial score (nSPS) is 10.2. The number of ether oxygens (including phenoxy) is 1. The van der Waals surface area contributed by atoms with Gasteiger partial charge in [-0.25, -0.2) is 4.79 Å². The summed E-state index contributed by atoms with van der Waals surface area (Å²) in [5.74, 6) is -1.42. The van der Waals surface area contributed by atoms with Gasteiger partial charge in [-0.15, -0.1) is 0 Å². The van der Waals surface area contributed by atoms with Crippen molar-refractivity contribution in [2.24, 2.45) is 0 Å². The van der Waals surface area contributed by atoms with Crippen molar-refractivity contribution in [2.75, 3.05) is 0 Å². The van der Waals surface area contributed by atoms with Crippen LogP contribution in [0.15, 0.2) is 45.3 Å².